The van der Waals surface area contributed by atoms with Crippen molar-refractivity contribution in [2.24, 2.45) is 0 Å². The summed E-state index contributed by atoms with van der Waals surface area (Å²) in [5.74, 6) is 0. The van der Waals surface area contributed by atoms with Crippen LogP contribution >= 0.6 is 0 Å². The van der Waals surface area contributed by atoms with Crippen molar-refractivity contribution in [3.63, 3.8) is 0 Å². The number of hydrogen-bond acceptors (Lipinski definition) is 3. The van der Waals surface area contributed by atoms with Crippen molar-refractivity contribution in [1.82, 2.24) is 30.6 Å². The van der Waals surface area contributed by atoms with Gasteiger partial charge in [0.2, 0.25) is 0 Å². The zero-order valence-corrected chi connectivity index (χ0v) is 8.62. The van der Waals surface area contributed by atoms with Crippen LogP contribution in [0.4, 0.5) is 0 Å². The van der Waals surface area contributed by atoms with E-state index >= 15 is 0 Å². The van der Waals surface area contributed by atoms with Gasteiger partial charge in [-0.3, -0.25) is 15.3 Å². The highest BCUT2D eigenvalue weighted by Crippen LogP contribution is 1.65. The number of hydrogen-bond donors (Lipinski definition) is 3. The third-order valence-corrected chi connectivity index (χ3v) is 1.22. The topological polar surface area (TPSA) is 86.0 Å². The summed E-state index contributed by atoms with van der Waals surface area (Å²) in [5, 5.41) is 18.6. The lowest BCUT2D eigenvalue weighted by molar-refractivity contribution is 1.09. The van der Waals surface area contributed by atoms with Crippen molar-refractivity contribution in [3.05, 3.63) is 55.4 Å². The van der Waals surface area contributed by atoms with Crippen molar-refractivity contribution in [2.45, 2.75) is 0 Å². The van der Waals surface area contributed by atoms with Gasteiger partial charge in [-0.2, -0.15) is 15.3 Å². The third kappa shape index (κ3) is 8.30. The van der Waals surface area contributed by atoms with Gasteiger partial charge in [-0.15, -0.1) is 0 Å². The Bertz CT molecular complexity index is 252. The first-order valence-electron chi connectivity index (χ1n) is 4.31. The van der Waals surface area contributed by atoms with Gasteiger partial charge in [-0.05, 0) is 18.2 Å². The van der Waals surface area contributed by atoms with E-state index in [0.29, 0.717) is 0 Å². The lowest BCUT2D eigenvalue weighted by atomic mass is 10.8. The highest BCUT2D eigenvalue weighted by molar-refractivity contribution is 5.75. The number of H-pyrrole nitrogens is 3. The minimum absolute atomic E-state index is 0. The van der Waals surface area contributed by atoms with E-state index in [0.717, 1.165) is 0 Å². The molecule has 0 unspecified atom stereocenters. The standard InChI is InChI=1S/3C3H4N2.B/c3*1-2-4-5-3-1;/h3*1-3H,(H,4,5);. The van der Waals surface area contributed by atoms with Crippen LogP contribution in [0.15, 0.2) is 55.4 Å². The molecule has 81 valence electrons. The molecule has 3 radical (unpaired) electrons. The Hall–Kier alpha value is -2.31. The Morgan fingerprint density at radius 1 is 0.562 bits per heavy atom. The summed E-state index contributed by atoms with van der Waals surface area (Å²) in [4.78, 5) is 0. The molecule has 0 amide bonds. The minimum atomic E-state index is 0. The minimum Gasteiger partial charge on any atom is -0.286 e. The van der Waals surface area contributed by atoms with E-state index in [4.69, 9.17) is 0 Å². The van der Waals surface area contributed by atoms with E-state index in [1.165, 1.54) is 0 Å². The quantitative estimate of drug-likeness (QED) is 0.486. The molecule has 3 aromatic rings. The largest absolute Gasteiger partial charge is 0.286 e. The third-order valence-electron chi connectivity index (χ3n) is 1.22. The fourth-order valence-electron chi connectivity index (χ4n) is 0.645. The van der Waals surface area contributed by atoms with Crippen molar-refractivity contribution in [2.75, 3.05) is 0 Å². The number of aromatic nitrogens is 6. The van der Waals surface area contributed by atoms with Crippen LogP contribution in [0.25, 0.3) is 0 Å². The van der Waals surface area contributed by atoms with Crippen LogP contribution in [0.2, 0.25) is 0 Å². The van der Waals surface area contributed by atoms with Gasteiger partial charge in [-0.1, -0.05) is 0 Å². The molecule has 0 aliphatic heterocycles. The summed E-state index contributed by atoms with van der Waals surface area (Å²) >= 11 is 0. The molecule has 0 aliphatic rings. The van der Waals surface area contributed by atoms with Gasteiger partial charge >= 0.3 is 0 Å². The van der Waals surface area contributed by atoms with Crippen molar-refractivity contribution >= 4 is 8.41 Å². The fraction of sp³-hybridized carbons (Fsp3) is 0. The number of rotatable bonds is 0. The molecule has 0 spiro atoms. The van der Waals surface area contributed by atoms with Crippen LogP contribution in [0.5, 0.6) is 0 Å². The lowest BCUT2D eigenvalue weighted by Crippen LogP contribution is -1.53. The zero-order chi connectivity index (χ0) is 10.6. The Kier molecular flexibility index (Phi) is 9.22. The van der Waals surface area contributed by atoms with E-state index in [1.807, 2.05) is 18.2 Å². The van der Waals surface area contributed by atoms with Crippen LogP contribution in [0.1, 0.15) is 0 Å². The van der Waals surface area contributed by atoms with Gasteiger partial charge in [0.1, 0.15) is 0 Å². The Labute approximate surface area is 95.1 Å². The summed E-state index contributed by atoms with van der Waals surface area (Å²) < 4.78 is 0. The maximum Gasteiger partial charge on any atom is 0.0487 e. The monoisotopic (exact) mass is 215 g/mol. The van der Waals surface area contributed by atoms with Crippen molar-refractivity contribution in [3.8, 4) is 0 Å². The molecule has 0 aliphatic carbocycles. The molecule has 0 saturated heterocycles. The highest BCUT2D eigenvalue weighted by Gasteiger charge is 1.57. The van der Waals surface area contributed by atoms with Crippen LogP contribution in [-0.4, -0.2) is 39.0 Å². The summed E-state index contributed by atoms with van der Waals surface area (Å²) in [6.45, 7) is 0. The molecule has 3 aromatic heterocycles. The fourth-order valence-corrected chi connectivity index (χ4v) is 0.645. The lowest BCUT2D eigenvalue weighted by Gasteiger charge is -1.49. The average Bonchev–Trinajstić information content (AvgIpc) is 3.09. The van der Waals surface area contributed by atoms with E-state index in [1.54, 1.807) is 37.2 Å². The van der Waals surface area contributed by atoms with Gasteiger partial charge in [0, 0.05) is 45.6 Å². The number of aromatic amines is 3. The summed E-state index contributed by atoms with van der Waals surface area (Å²) in [6.07, 6.45) is 10.4. The first-order chi connectivity index (χ1) is 7.50. The number of nitrogens with zero attached hydrogens (tertiary/aromatic N) is 3. The average molecular weight is 215 g/mol. The van der Waals surface area contributed by atoms with Crippen LogP contribution < -0.4 is 0 Å². The van der Waals surface area contributed by atoms with Crippen LogP contribution in [0, 0.1) is 0 Å². The molecular formula is C9H12BN6. The second kappa shape index (κ2) is 10.8. The smallest absolute Gasteiger partial charge is 0.0487 e. The van der Waals surface area contributed by atoms with Gasteiger partial charge in [0.15, 0.2) is 0 Å². The second-order valence-electron chi connectivity index (χ2n) is 2.30. The predicted molar refractivity (Wildman–Crippen MR) is 61.5 cm³/mol. The predicted octanol–water partition coefficient (Wildman–Crippen LogP) is 0.848. The first kappa shape index (κ1) is 13.7. The van der Waals surface area contributed by atoms with Crippen LogP contribution in [0.3, 0.4) is 0 Å². The molecule has 3 N–H and O–H groups in total. The zero-order valence-electron chi connectivity index (χ0n) is 8.62. The van der Waals surface area contributed by atoms with Gasteiger partial charge in [0.05, 0.1) is 0 Å². The Morgan fingerprint density at radius 2 is 0.875 bits per heavy atom. The van der Waals surface area contributed by atoms with E-state index in [9.17, 15) is 0 Å². The SMILES string of the molecule is [B].c1cn[nH]c1.c1cn[nH]c1.c1cn[nH]c1. The molecule has 16 heavy (non-hydrogen) atoms. The van der Waals surface area contributed by atoms with Crippen LogP contribution in [-0.2, 0) is 0 Å². The number of nitrogens with one attached hydrogen (secondary N) is 3. The normalized spacial score (nSPS) is 7.50. The molecule has 0 atom stereocenters. The van der Waals surface area contributed by atoms with Crippen molar-refractivity contribution in [1.29, 1.82) is 0 Å². The molecule has 0 fully saturated rings. The first-order valence-corrected chi connectivity index (χ1v) is 4.31. The summed E-state index contributed by atoms with van der Waals surface area (Å²) in [6, 6.07) is 5.50. The van der Waals surface area contributed by atoms with Gasteiger partial charge in [-0.25, -0.2) is 0 Å². The van der Waals surface area contributed by atoms with Gasteiger partial charge < -0.3 is 0 Å². The maximum absolute atomic E-state index is 3.60. The van der Waals surface area contributed by atoms with E-state index in [2.05, 4.69) is 30.6 Å². The van der Waals surface area contributed by atoms with Crippen molar-refractivity contribution < 1.29 is 0 Å². The molecular weight excluding hydrogens is 203 g/mol. The summed E-state index contributed by atoms with van der Waals surface area (Å²) in [7, 11) is 0. The highest BCUT2D eigenvalue weighted by atomic mass is 15.1. The van der Waals surface area contributed by atoms with E-state index in [-0.39, 0.29) is 8.41 Å². The maximum atomic E-state index is 3.60. The molecule has 0 aromatic carbocycles. The molecule has 0 bridgehead atoms. The molecule has 6 nitrogen and oxygen atoms in total. The second-order valence-corrected chi connectivity index (χ2v) is 2.30. The summed E-state index contributed by atoms with van der Waals surface area (Å²) in [5.41, 5.74) is 0. The molecule has 7 heteroatoms. The Balaban J connectivity index is 0.000000205. The van der Waals surface area contributed by atoms with Gasteiger partial charge in [0.25, 0.3) is 0 Å². The van der Waals surface area contributed by atoms with E-state index < -0.39 is 0 Å². The Morgan fingerprint density at radius 3 is 0.938 bits per heavy atom. The molecule has 0 saturated carbocycles. The molecule has 3 heterocycles. The molecule has 3 rings (SSSR count).